The first-order valence-corrected chi connectivity index (χ1v) is 5.58. The van der Waals surface area contributed by atoms with Crippen molar-refractivity contribution < 1.29 is 14.3 Å². The molecule has 1 unspecified atom stereocenters. The second kappa shape index (κ2) is 5.61. The van der Waals surface area contributed by atoms with Crippen molar-refractivity contribution in [3.8, 4) is 0 Å². The molecule has 0 saturated carbocycles. The SMILES string of the molecule is COCC(C)N(C)C(=O)COC1(C)CNC1. The summed E-state index contributed by atoms with van der Waals surface area (Å²) in [5, 5.41) is 3.13. The van der Waals surface area contributed by atoms with E-state index in [2.05, 4.69) is 5.32 Å². The van der Waals surface area contributed by atoms with Crippen LogP contribution in [0.5, 0.6) is 0 Å². The monoisotopic (exact) mass is 230 g/mol. The van der Waals surface area contributed by atoms with Gasteiger partial charge in [-0.1, -0.05) is 0 Å². The normalized spacial score (nSPS) is 20.0. The summed E-state index contributed by atoms with van der Waals surface area (Å²) in [4.78, 5) is 13.4. The van der Waals surface area contributed by atoms with Crippen LogP contribution in [0.15, 0.2) is 0 Å². The maximum atomic E-state index is 11.8. The average molecular weight is 230 g/mol. The molecule has 16 heavy (non-hydrogen) atoms. The van der Waals surface area contributed by atoms with Gasteiger partial charge in [0, 0.05) is 27.2 Å². The highest BCUT2D eigenvalue weighted by molar-refractivity contribution is 5.77. The van der Waals surface area contributed by atoms with Gasteiger partial charge in [0.2, 0.25) is 5.91 Å². The minimum absolute atomic E-state index is 0.00215. The molecule has 1 aliphatic rings. The lowest BCUT2D eigenvalue weighted by molar-refractivity contribution is -0.147. The molecule has 0 aliphatic carbocycles. The van der Waals surface area contributed by atoms with Crippen molar-refractivity contribution in [1.29, 1.82) is 0 Å². The van der Waals surface area contributed by atoms with Gasteiger partial charge in [-0.2, -0.15) is 0 Å². The van der Waals surface area contributed by atoms with Crippen molar-refractivity contribution in [3.05, 3.63) is 0 Å². The first kappa shape index (κ1) is 13.4. The van der Waals surface area contributed by atoms with Crippen molar-refractivity contribution in [2.24, 2.45) is 0 Å². The van der Waals surface area contributed by atoms with Crippen LogP contribution in [0.25, 0.3) is 0 Å². The van der Waals surface area contributed by atoms with Gasteiger partial charge in [0.1, 0.15) is 6.61 Å². The lowest BCUT2D eigenvalue weighted by Gasteiger charge is -2.39. The Labute approximate surface area is 97.1 Å². The number of hydrogen-bond acceptors (Lipinski definition) is 4. The largest absolute Gasteiger partial charge is 0.383 e. The fourth-order valence-corrected chi connectivity index (χ4v) is 1.52. The lowest BCUT2D eigenvalue weighted by atomic mass is 10.0. The van der Waals surface area contributed by atoms with E-state index >= 15 is 0 Å². The zero-order valence-corrected chi connectivity index (χ0v) is 10.6. The van der Waals surface area contributed by atoms with Gasteiger partial charge in [-0.3, -0.25) is 4.79 Å². The van der Waals surface area contributed by atoms with E-state index in [1.807, 2.05) is 13.8 Å². The quantitative estimate of drug-likeness (QED) is 0.690. The number of methoxy groups -OCH3 is 1. The highest BCUT2D eigenvalue weighted by atomic mass is 16.5. The van der Waals surface area contributed by atoms with Crippen LogP contribution >= 0.6 is 0 Å². The summed E-state index contributed by atoms with van der Waals surface area (Å²) in [6.07, 6.45) is 0. The van der Waals surface area contributed by atoms with E-state index in [1.54, 1.807) is 19.1 Å². The Bertz CT molecular complexity index is 241. The Morgan fingerprint density at radius 3 is 2.62 bits per heavy atom. The van der Waals surface area contributed by atoms with Gasteiger partial charge in [-0.15, -0.1) is 0 Å². The predicted molar refractivity (Wildman–Crippen MR) is 61.3 cm³/mol. The molecule has 5 nitrogen and oxygen atoms in total. The molecule has 1 amide bonds. The molecule has 94 valence electrons. The summed E-state index contributed by atoms with van der Waals surface area (Å²) < 4.78 is 10.6. The summed E-state index contributed by atoms with van der Waals surface area (Å²) in [5.41, 5.74) is -0.166. The third-order valence-corrected chi connectivity index (χ3v) is 3.00. The van der Waals surface area contributed by atoms with Crippen LogP contribution in [0.2, 0.25) is 0 Å². The number of carbonyl (C=O) groups excluding carboxylic acids is 1. The van der Waals surface area contributed by atoms with Crippen molar-refractivity contribution in [3.63, 3.8) is 0 Å². The Balaban J connectivity index is 2.28. The second-order valence-corrected chi connectivity index (χ2v) is 4.65. The Hall–Kier alpha value is -0.650. The van der Waals surface area contributed by atoms with Crippen LogP contribution in [0, 0.1) is 0 Å². The molecule has 0 aromatic rings. The molecule has 0 aromatic carbocycles. The van der Waals surface area contributed by atoms with E-state index in [1.165, 1.54) is 0 Å². The molecule has 0 aromatic heterocycles. The van der Waals surface area contributed by atoms with Crippen LogP contribution in [-0.2, 0) is 14.3 Å². The molecule has 1 saturated heterocycles. The highest BCUT2D eigenvalue weighted by Crippen LogP contribution is 2.15. The summed E-state index contributed by atoms with van der Waals surface area (Å²) in [5.74, 6) is -0.00215. The fourth-order valence-electron chi connectivity index (χ4n) is 1.52. The number of likely N-dealkylation sites (N-methyl/N-ethyl adjacent to an activating group) is 1. The topological polar surface area (TPSA) is 50.8 Å². The van der Waals surface area contributed by atoms with Crippen LogP contribution in [0.3, 0.4) is 0 Å². The number of nitrogens with zero attached hydrogens (tertiary/aromatic N) is 1. The highest BCUT2D eigenvalue weighted by Gasteiger charge is 2.33. The first-order chi connectivity index (χ1) is 7.48. The molecular formula is C11H22N2O3. The van der Waals surface area contributed by atoms with E-state index in [9.17, 15) is 4.79 Å². The summed E-state index contributed by atoms with van der Waals surface area (Å²) in [6, 6.07) is 0.0772. The zero-order chi connectivity index (χ0) is 12.2. The third-order valence-electron chi connectivity index (χ3n) is 3.00. The molecule has 1 aliphatic heterocycles. The smallest absolute Gasteiger partial charge is 0.248 e. The number of ether oxygens (including phenoxy) is 2. The second-order valence-electron chi connectivity index (χ2n) is 4.65. The van der Waals surface area contributed by atoms with Gasteiger partial charge in [0.15, 0.2) is 0 Å². The fraction of sp³-hybridized carbons (Fsp3) is 0.909. The minimum atomic E-state index is -0.166. The Morgan fingerprint density at radius 2 is 2.19 bits per heavy atom. The van der Waals surface area contributed by atoms with Gasteiger partial charge >= 0.3 is 0 Å². The maximum Gasteiger partial charge on any atom is 0.248 e. The number of amides is 1. The van der Waals surface area contributed by atoms with Crippen molar-refractivity contribution in [2.75, 3.05) is 40.5 Å². The standard InChI is InChI=1S/C11H22N2O3/c1-9(5-15-4)13(3)10(14)6-16-11(2)7-12-8-11/h9,12H,5-8H2,1-4H3. The molecule has 1 heterocycles. The van der Waals surface area contributed by atoms with Gasteiger partial charge < -0.3 is 19.7 Å². The molecule has 0 radical (unpaired) electrons. The van der Waals surface area contributed by atoms with Crippen LogP contribution in [0.4, 0.5) is 0 Å². The number of hydrogen-bond donors (Lipinski definition) is 1. The van der Waals surface area contributed by atoms with Crippen LogP contribution < -0.4 is 5.32 Å². The molecule has 1 atom stereocenters. The summed E-state index contributed by atoms with van der Waals surface area (Å²) >= 11 is 0. The molecule has 0 spiro atoms. The molecular weight excluding hydrogens is 208 g/mol. The number of rotatable bonds is 6. The minimum Gasteiger partial charge on any atom is -0.383 e. The van der Waals surface area contributed by atoms with Crippen molar-refractivity contribution in [2.45, 2.75) is 25.5 Å². The third kappa shape index (κ3) is 3.43. The van der Waals surface area contributed by atoms with Gasteiger partial charge in [0.25, 0.3) is 0 Å². The van der Waals surface area contributed by atoms with E-state index in [0.717, 1.165) is 13.1 Å². The number of carbonyl (C=O) groups is 1. The molecule has 5 heteroatoms. The molecule has 1 rings (SSSR count). The van der Waals surface area contributed by atoms with Gasteiger partial charge in [-0.25, -0.2) is 0 Å². The van der Waals surface area contributed by atoms with Gasteiger partial charge in [-0.05, 0) is 13.8 Å². The summed E-state index contributed by atoms with van der Waals surface area (Å²) in [7, 11) is 3.41. The van der Waals surface area contributed by atoms with Crippen molar-refractivity contribution >= 4 is 5.91 Å². The predicted octanol–water partition coefficient (Wildman–Crippen LogP) is -0.142. The van der Waals surface area contributed by atoms with Gasteiger partial charge in [0.05, 0.1) is 18.2 Å². The Morgan fingerprint density at radius 1 is 1.56 bits per heavy atom. The van der Waals surface area contributed by atoms with E-state index < -0.39 is 0 Å². The molecule has 0 bridgehead atoms. The van der Waals surface area contributed by atoms with Crippen LogP contribution in [-0.4, -0.2) is 62.9 Å². The molecule has 1 N–H and O–H groups in total. The first-order valence-electron chi connectivity index (χ1n) is 5.58. The lowest BCUT2D eigenvalue weighted by Crippen LogP contribution is -2.59. The van der Waals surface area contributed by atoms with Crippen LogP contribution in [0.1, 0.15) is 13.8 Å². The van der Waals surface area contributed by atoms with E-state index in [4.69, 9.17) is 9.47 Å². The Kier molecular flexibility index (Phi) is 4.70. The summed E-state index contributed by atoms with van der Waals surface area (Å²) in [6.45, 7) is 6.28. The number of nitrogens with one attached hydrogen (secondary N) is 1. The average Bonchev–Trinajstić information content (AvgIpc) is 2.22. The van der Waals surface area contributed by atoms with E-state index in [0.29, 0.717) is 6.61 Å². The van der Waals surface area contributed by atoms with E-state index in [-0.39, 0.29) is 24.2 Å². The molecule has 1 fully saturated rings. The zero-order valence-electron chi connectivity index (χ0n) is 10.6. The maximum absolute atomic E-state index is 11.8. The van der Waals surface area contributed by atoms with Crippen molar-refractivity contribution in [1.82, 2.24) is 10.2 Å².